The average molecular weight is 475 g/mol. The number of aliphatic hydroxyl groups is 1. The summed E-state index contributed by atoms with van der Waals surface area (Å²) >= 11 is 0. The van der Waals surface area contributed by atoms with Gasteiger partial charge in [0.05, 0.1) is 6.61 Å². The minimum absolute atomic E-state index is 0.0972. The maximum atomic E-state index is 12.8. The first-order valence-corrected chi connectivity index (χ1v) is 6.24. The second-order valence-corrected chi connectivity index (χ2v) is 4.76. The Morgan fingerprint density at radius 3 is 1.07 bits per heavy atom. The molecule has 0 aliphatic carbocycles. The highest BCUT2D eigenvalue weighted by Gasteiger charge is 2.94. The lowest BCUT2D eigenvalue weighted by molar-refractivity contribution is -0.450. The quantitative estimate of drug-likeness (QED) is 0.494. The number of hydrogen-bond acceptors (Lipinski definition) is 3. The van der Waals surface area contributed by atoms with Gasteiger partial charge in [0.25, 0.3) is 0 Å². The van der Waals surface area contributed by atoms with Crippen molar-refractivity contribution >= 4 is 5.97 Å². The monoisotopic (exact) mass is 475 g/mol. The van der Waals surface area contributed by atoms with Crippen LogP contribution in [0, 0.1) is 0 Å². The summed E-state index contributed by atoms with van der Waals surface area (Å²) < 4.78 is 187. The summed E-state index contributed by atoms with van der Waals surface area (Å²) in [5.74, 6) is -52.8. The van der Waals surface area contributed by atoms with Gasteiger partial charge in [-0.2, -0.15) is 65.9 Å². The van der Waals surface area contributed by atoms with Crippen molar-refractivity contribution < 1.29 is 80.9 Å². The van der Waals surface area contributed by atoms with Gasteiger partial charge in [0, 0.05) is 6.54 Å². The molecule has 0 rings (SSSR count). The maximum Gasteiger partial charge on any atom is 0.460 e. The van der Waals surface area contributed by atoms with Crippen molar-refractivity contribution in [1.82, 2.24) is 0 Å². The van der Waals surface area contributed by atoms with Gasteiger partial charge in [-0.05, 0) is 0 Å². The van der Waals surface area contributed by atoms with Crippen LogP contribution in [0.25, 0.3) is 0 Å². The fourth-order valence-corrected chi connectivity index (χ4v) is 1.10. The molecule has 0 aromatic heterocycles. The van der Waals surface area contributed by atoms with Crippen molar-refractivity contribution in [3.63, 3.8) is 0 Å². The minimum Gasteiger partial charge on any atom is -0.477 e. The summed E-state index contributed by atoms with van der Waals surface area (Å²) in [4.78, 5) is 9.72. The third kappa shape index (κ3) is 4.43. The average Bonchev–Trinajstić information content (AvgIpc) is 2.52. The van der Waals surface area contributed by atoms with Gasteiger partial charge >= 0.3 is 47.7 Å². The van der Waals surface area contributed by atoms with Crippen molar-refractivity contribution in [1.29, 1.82) is 0 Å². The van der Waals surface area contributed by atoms with Crippen LogP contribution in [0.1, 0.15) is 0 Å². The fourth-order valence-electron chi connectivity index (χ4n) is 1.10. The third-order valence-corrected chi connectivity index (χ3v) is 2.73. The second-order valence-electron chi connectivity index (χ2n) is 4.76. The van der Waals surface area contributed by atoms with E-state index in [0.717, 1.165) is 0 Å². The van der Waals surface area contributed by atoms with Gasteiger partial charge in [-0.15, -0.1) is 0 Å². The zero-order valence-corrected chi connectivity index (χ0v) is 13.0. The predicted octanol–water partition coefficient (Wildman–Crippen LogP) is 3.38. The van der Waals surface area contributed by atoms with E-state index in [4.69, 9.17) is 15.9 Å². The van der Waals surface area contributed by atoms with E-state index in [-0.39, 0.29) is 6.61 Å². The van der Waals surface area contributed by atoms with E-state index in [0.29, 0.717) is 6.54 Å². The van der Waals surface area contributed by atoms with E-state index in [1.165, 1.54) is 0 Å². The summed E-state index contributed by atoms with van der Waals surface area (Å²) in [5, 5.41) is 15.3. The number of halogens is 15. The largest absolute Gasteiger partial charge is 0.477 e. The smallest absolute Gasteiger partial charge is 0.460 e. The molecule has 0 radical (unpaired) electrons. The normalized spacial score (nSPS) is 14.9. The number of aliphatic hydroxyl groups excluding tert-OH is 1. The van der Waals surface area contributed by atoms with Crippen molar-refractivity contribution in [2.75, 3.05) is 13.2 Å². The van der Waals surface area contributed by atoms with Crippen LogP contribution in [0.5, 0.6) is 0 Å². The summed E-state index contributed by atoms with van der Waals surface area (Å²) in [6.45, 7) is 0.472. The molecule has 4 N–H and O–H groups in total. The first-order valence-electron chi connectivity index (χ1n) is 6.24. The Balaban J connectivity index is 0. The Kier molecular flexibility index (Phi) is 8.38. The van der Waals surface area contributed by atoms with Gasteiger partial charge in [0.15, 0.2) is 0 Å². The highest BCUT2D eigenvalue weighted by molar-refractivity contribution is 5.77. The summed E-state index contributed by atoms with van der Waals surface area (Å²) in [5.41, 5.74) is 4.78. The Labute approximate surface area is 149 Å². The van der Waals surface area contributed by atoms with E-state index in [2.05, 4.69) is 0 Å². The number of carbonyl (C=O) groups is 1. The van der Waals surface area contributed by atoms with Crippen molar-refractivity contribution in [3.8, 4) is 0 Å². The highest BCUT2D eigenvalue weighted by atomic mass is 19.4. The lowest BCUT2D eigenvalue weighted by atomic mass is 9.91. The van der Waals surface area contributed by atoms with Crippen LogP contribution in [0.3, 0.4) is 0 Å². The van der Waals surface area contributed by atoms with Crippen LogP contribution in [0.15, 0.2) is 0 Å². The number of carboxylic acids is 1. The number of aliphatic carboxylic acids is 1. The van der Waals surface area contributed by atoms with Gasteiger partial charge < -0.3 is 15.9 Å². The Hall–Kier alpha value is -1.66. The Bertz CT molecular complexity index is 569. The number of rotatable bonds is 7. The lowest BCUT2D eigenvalue weighted by Crippen LogP contribution is -2.73. The SMILES string of the molecule is NCCO.O=C(O)C(F)(F)C(F)(F)C(F)(F)C(F)(F)C(F)(F)C(F)(F)C(F)(F)F. The number of carboxylic acid groups (broad SMARTS) is 1. The molecule has 0 atom stereocenters. The summed E-state index contributed by atoms with van der Waals surface area (Å²) in [7, 11) is 0. The minimum atomic E-state index is -8.47. The predicted molar refractivity (Wildman–Crippen MR) is 59.5 cm³/mol. The summed E-state index contributed by atoms with van der Waals surface area (Å²) in [6, 6.07) is 0. The zero-order chi connectivity index (χ0) is 24.5. The first kappa shape index (κ1) is 29.5. The van der Waals surface area contributed by atoms with E-state index >= 15 is 0 Å². The molecule has 0 fully saturated rings. The molecular weight excluding hydrogens is 467 g/mol. The van der Waals surface area contributed by atoms with Crippen LogP contribution >= 0.6 is 0 Å². The molecule has 19 heteroatoms. The van der Waals surface area contributed by atoms with E-state index in [9.17, 15) is 70.7 Å². The van der Waals surface area contributed by atoms with E-state index in [1.807, 2.05) is 0 Å². The fraction of sp³-hybridized carbons (Fsp3) is 0.900. The molecule has 0 unspecified atom stereocenters. The molecule has 0 heterocycles. The van der Waals surface area contributed by atoms with Crippen molar-refractivity contribution in [3.05, 3.63) is 0 Å². The zero-order valence-electron chi connectivity index (χ0n) is 13.0. The Morgan fingerprint density at radius 1 is 0.621 bits per heavy atom. The Morgan fingerprint density at radius 2 is 0.862 bits per heavy atom. The maximum absolute atomic E-state index is 12.8. The molecule has 0 spiro atoms. The number of hydrogen-bond donors (Lipinski definition) is 3. The van der Waals surface area contributed by atoms with Gasteiger partial charge in [0.1, 0.15) is 0 Å². The van der Waals surface area contributed by atoms with Crippen LogP contribution in [0.4, 0.5) is 65.9 Å². The standard InChI is InChI=1S/C8HF15O2.C2H7NO/c9-2(10,1(24)25)3(11,12)4(13,14)5(15,16)6(17,18)7(19,20)8(21,22)23;3-1-2-4/h(H,24,25);4H,1-3H2. The number of alkyl halides is 15. The lowest BCUT2D eigenvalue weighted by Gasteiger charge is -2.40. The van der Waals surface area contributed by atoms with E-state index < -0.39 is 47.7 Å². The molecule has 29 heavy (non-hydrogen) atoms. The molecule has 0 aliphatic rings. The van der Waals surface area contributed by atoms with Gasteiger partial charge in [0.2, 0.25) is 0 Å². The number of nitrogens with two attached hydrogens (primary N) is 1. The van der Waals surface area contributed by atoms with Crippen LogP contribution in [0.2, 0.25) is 0 Å². The molecule has 0 bridgehead atoms. The van der Waals surface area contributed by atoms with E-state index in [1.54, 1.807) is 0 Å². The molecule has 0 amide bonds. The molecule has 176 valence electrons. The second kappa shape index (κ2) is 8.23. The molecular formula is C10H8F15NO3. The van der Waals surface area contributed by atoms with Crippen LogP contribution in [-0.2, 0) is 4.79 Å². The molecule has 0 aromatic carbocycles. The van der Waals surface area contributed by atoms with Crippen molar-refractivity contribution in [2.45, 2.75) is 41.7 Å². The van der Waals surface area contributed by atoms with Gasteiger partial charge in [-0.3, -0.25) is 0 Å². The summed E-state index contributed by atoms with van der Waals surface area (Å²) in [6.07, 6.45) is -7.69. The van der Waals surface area contributed by atoms with Gasteiger partial charge in [-0.1, -0.05) is 0 Å². The topological polar surface area (TPSA) is 83.5 Å². The van der Waals surface area contributed by atoms with Crippen LogP contribution in [-0.4, -0.2) is 71.0 Å². The van der Waals surface area contributed by atoms with Gasteiger partial charge in [-0.25, -0.2) is 4.79 Å². The molecule has 0 saturated heterocycles. The highest BCUT2D eigenvalue weighted by Crippen LogP contribution is 2.62. The molecule has 0 saturated carbocycles. The first-order chi connectivity index (χ1) is 12.4. The van der Waals surface area contributed by atoms with Crippen LogP contribution < -0.4 is 5.73 Å². The molecule has 0 aliphatic heterocycles. The van der Waals surface area contributed by atoms with Crippen molar-refractivity contribution in [2.24, 2.45) is 5.73 Å². The molecule has 0 aromatic rings. The third-order valence-electron chi connectivity index (χ3n) is 2.73. The molecule has 4 nitrogen and oxygen atoms in total.